The van der Waals surface area contributed by atoms with Crippen LogP contribution in [0.2, 0.25) is 5.04 Å². The van der Waals surface area contributed by atoms with Gasteiger partial charge >= 0.3 is 0 Å². The molecule has 0 fully saturated rings. The van der Waals surface area contributed by atoms with E-state index in [1.54, 1.807) is 0 Å². The van der Waals surface area contributed by atoms with E-state index in [4.69, 9.17) is 9.16 Å². The third kappa shape index (κ3) is 3.73. The first-order valence-electron chi connectivity index (χ1n) is 9.11. The van der Waals surface area contributed by atoms with Crippen LogP contribution in [0.1, 0.15) is 33.6 Å². The minimum atomic E-state index is -2.45. The fourth-order valence-electron chi connectivity index (χ4n) is 3.65. The first-order valence-corrected chi connectivity index (χ1v) is 11.0. The molecule has 2 aromatic rings. The van der Waals surface area contributed by atoms with E-state index in [1.165, 1.54) is 10.4 Å². The summed E-state index contributed by atoms with van der Waals surface area (Å²) in [5.74, 6) is 0.985. The van der Waals surface area contributed by atoms with Gasteiger partial charge in [-0.2, -0.15) is 0 Å². The quantitative estimate of drug-likeness (QED) is 0.749. The lowest BCUT2D eigenvalue weighted by molar-refractivity contribution is 0.150. The lowest BCUT2D eigenvalue weighted by Crippen LogP contribution is -2.66. The second-order valence-corrected chi connectivity index (χ2v) is 11.9. The van der Waals surface area contributed by atoms with Gasteiger partial charge in [-0.15, -0.1) is 0 Å². The molecule has 2 aromatic carbocycles. The summed E-state index contributed by atoms with van der Waals surface area (Å²) < 4.78 is 12.7. The van der Waals surface area contributed by atoms with Gasteiger partial charge in [0, 0.05) is 0 Å². The van der Waals surface area contributed by atoms with Gasteiger partial charge in [0.15, 0.2) is 0 Å². The largest absolute Gasteiger partial charge is 0.496 e. The molecule has 0 bridgehead atoms. The van der Waals surface area contributed by atoms with Crippen molar-refractivity contribution in [2.75, 3.05) is 13.2 Å². The smallest absolute Gasteiger partial charge is 0.261 e. The molecule has 1 aliphatic heterocycles. The molecule has 0 saturated heterocycles. The van der Waals surface area contributed by atoms with Gasteiger partial charge in [0.2, 0.25) is 0 Å². The summed E-state index contributed by atoms with van der Waals surface area (Å²) in [4.78, 5) is 0. The highest BCUT2D eigenvalue weighted by atomic mass is 28.4. The summed E-state index contributed by atoms with van der Waals surface area (Å²) in [5, 5.41) is 2.63. The molecular weight excluding hydrogens is 324 g/mol. The van der Waals surface area contributed by atoms with Crippen molar-refractivity contribution in [1.29, 1.82) is 0 Å². The van der Waals surface area contributed by atoms with Crippen LogP contribution in [0.5, 0.6) is 0 Å². The van der Waals surface area contributed by atoms with Gasteiger partial charge in [-0.25, -0.2) is 0 Å². The Morgan fingerprint density at radius 1 is 0.920 bits per heavy atom. The van der Waals surface area contributed by atoms with E-state index >= 15 is 0 Å². The van der Waals surface area contributed by atoms with Crippen molar-refractivity contribution in [1.82, 2.24) is 0 Å². The van der Waals surface area contributed by atoms with E-state index in [9.17, 15) is 0 Å². The van der Waals surface area contributed by atoms with Crippen LogP contribution in [0.4, 0.5) is 0 Å². The number of hydrogen-bond acceptors (Lipinski definition) is 2. The van der Waals surface area contributed by atoms with Crippen LogP contribution >= 0.6 is 0 Å². The molecule has 132 valence electrons. The fraction of sp³-hybridized carbons (Fsp3) is 0.364. The van der Waals surface area contributed by atoms with Gasteiger partial charge in [0.25, 0.3) is 8.32 Å². The maximum atomic E-state index is 6.85. The van der Waals surface area contributed by atoms with Crippen LogP contribution in [-0.4, -0.2) is 21.5 Å². The molecule has 0 unspecified atom stereocenters. The predicted molar refractivity (Wildman–Crippen MR) is 107 cm³/mol. The number of rotatable bonds is 5. The summed E-state index contributed by atoms with van der Waals surface area (Å²) in [6.07, 6.45) is 4.36. The Morgan fingerprint density at radius 3 is 1.92 bits per heavy atom. The topological polar surface area (TPSA) is 18.5 Å². The van der Waals surface area contributed by atoms with Gasteiger partial charge in [0.1, 0.15) is 5.76 Å². The number of ether oxygens (including phenoxy) is 1. The van der Waals surface area contributed by atoms with Crippen molar-refractivity contribution in [3.8, 4) is 0 Å². The van der Waals surface area contributed by atoms with Gasteiger partial charge < -0.3 is 9.16 Å². The van der Waals surface area contributed by atoms with Crippen LogP contribution in [-0.2, 0) is 9.16 Å². The van der Waals surface area contributed by atoms with Gasteiger partial charge in [-0.3, -0.25) is 0 Å². The summed E-state index contributed by atoms with van der Waals surface area (Å²) in [6.45, 7) is 8.25. The summed E-state index contributed by atoms with van der Waals surface area (Å²) in [6, 6.07) is 21.5. The molecule has 2 nitrogen and oxygen atoms in total. The monoisotopic (exact) mass is 352 g/mol. The molecule has 0 saturated carbocycles. The average Bonchev–Trinajstić information content (AvgIpc) is 2.64. The first-order chi connectivity index (χ1) is 12.0. The molecule has 0 aromatic heterocycles. The van der Waals surface area contributed by atoms with Crippen molar-refractivity contribution in [2.45, 2.75) is 38.7 Å². The summed E-state index contributed by atoms with van der Waals surface area (Å²) in [7, 11) is -2.45. The Labute approximate surface area is 152 Å². The normalized spacial score (nSPS) is 15.4. The molecular formula is C22H28O2Si. The van der Waals surface area contributed by atoms with Crippen molar-refractivity contribution < 1.29 is 9.16 Å². The van der Waals surface area contributed by atoms with Crippen molar-refractivity contribution in [3.63, 3.8) is 0 Å². The Bertz CT molecular complexity index is 662. The van der Waals surface area contributed by atoms with Crippen LogP contribution in [0.3, 0.4) is 0 Å². The highest BCUT2D eigenvalue weighted by Crippen LogP contribution is 2.37. The number of allylic oxidation sites excluding steroid dienone is 1. The molecule has 0 amide bonds. The second-order valence-electron chi connectivity index (χ2n) is 7.61. The molecule has 25 heavy (non-hydrogen) atoms. The Morgan fingerprint density at radius 2 is 1.48 bits per heavy atom. The number of benzene rings is 2. The molecule has 3 rings (SSSR count). The Kier molecular flexibility index (Phi) is 5.45. The number of hydrogen-bond donors (Lipinski definition) is 0. The zero-order valence-electron chi connectivity index (χ0n) is 15.5. The molecule has 0 atom stereocenters. The van der Waals surface area contributed by atoms with Crippen molar-refractivity contribution >= 4 is 18.7 Å². The third-order valence-corrected chi connectivity index (χ3v) is 9.84. The van der Waals surface area contributed by atoms with Crippen LogP contribution in [0, 0.1) is 0 Å². The minimum Gasteiger partial charge on any atom is -0.496 e. The molecule has 0 aliphatic carbocycles. The minimum absolute atomic E-state index is 0.00489. The lowest BCUT2D eigenvalue weighted by Gasteiger charge is -2.43. The third-order valence-electron chi connectivity index (χ3n) is 4.86. The van der Waals surface area contributed by atoms with Crippen LogP contribution < -0.4 is 10.4 Å². The summed E-state index contributed by atoms with van der Waals surface area (Å²) in [5.41, 5.74) is 0. The summed E-state index contributed by atoms with van der Waals surface area (Å²) >= 11 is 0. The van der Waals surface area contributed by atoms with Gasteiger partial charge in [-0.1, -0.05) is 81.4 Å². The van der Waals surface area contributed by atoms with E-state index in [-0.39, 0.29) is 5.04 Å². The van der Waals surface area contributed by atoms with E-state index in [2.05, 4.69) is 87.5 Å². The Balaban J connectivity index is 2.07. The van der Waals surface area contributed by atoms with Crippen molar-refractivity contribution in [3.05, 3.63) is 72.5 Å². The predicted octanol–water partition coefficient (Wildman–Crippen LogP) is 4.26. The van der Waals surface area contributed by atoms with E-state index < -0.39 is 8.32 Å². The maximum Gasteiger partial charge on any atom is 0.261 e. The van der Waals surface area contributed by atoms with Gasteiger partial charge in [0.05, 0.1) is 13.2 Å². The first kappa shape index (κ1) is 18.0. The Hall–Kier alpha value is -1.84. The second kappa shape index (κ2) is 7.59. The zero-order chi connectivity index (χ0) is 17.8. The molecule has 3 heteroatoms. The van der Waals surface area contributed by atoms with E-state index in [0.29, 0.717) is 6.61 Å². The van der Waals surface area contributed by atoms with Crippen molar-refractivity contribution in [2.24, 2.45) is 0 Å². The lowest BCUT2D eigenvalue weighted by atomic mass is 10.2. The van der Waals surface area contributed by atoms with Crippen LogP contribution in [0.25, 0.3) is 0 Å². The fourth-order valence-corrected chi connectivity index (χ4v) is 8.16. The molecule has 0 spiro atoms. The standard InChI is InChI=1S/C22H28O2Si/c1-22(2,3)25(20-13-6-4-7-14-20,21-15-8-5-9-16-21)24-18-19-12-10-11-17-23-19/h4-9,12-16H,10-11,17-18H2,1-3H3. The van der Waals surface area contributed by atoms with Crippen LogP contribution in [0.15, 0.2) is 72.5 Å². The highest BCUT2D eigenvalue weighted by molar-refractivity contribution is 6.99. The highest BCUT2D eigenvalue weighted by Gasteiger charge is 2.50. The molecule has 1 heterocycles. The van der Waals surface area contributed by atoms with Gasteiger partial charge in [-0.05, 0) is 34.3 Å². The maximum absolute atomic E-state index is 6.85. The molecule has 1 aliphatic rings. The van der Waals surface area contributed by atoms with E-state index in [0.717, 1.165) is 25.2 Å². The zero-order valence-corrected chi connectivity index (χ0v) is 16.5. The van der Waals surface area contributed by atoms with E-state index in [1.807, 2.05) is 0 Å². The molecule has 0 N–H and O–H groups in total. The molecule has 0 radical (unpaired) electrons. The average molecular weight is 353 g/mol. The SMILES string of the molecule is CC(C)(C)[Si](OCC1=CCCCO1)(c1ccccc1)c1ccccc1.